The van der Waals surface area contributed by atoms with E-state index in [0.717, 1.165) is 30.5 Å². The van der Waals surface area contributed by atoms with E-state index in [1.807, 2.05) is 6.92 Å². The van der Waals surface area contributed by atoms with Gasteiger partial charge < -0.3 is 9.42 Å². The van der Waals surface area contributed by atoms with Crippen LogP contribution in [0.5, 0.6) is 5.75 Å². The smallest absolute Gasteiger partial charge is 0.404 e. The van der Waals surface area contributed by atoms with Crippen molar-refractivity contribution in [2.24, 2.45) is 5.92 Å². The van der Waals surface area contributed by atoms with Crippen molar-refractivity contribution in [2.75, 3.05) is 13.6 Å². The van der Waals surface area contributed by atoms with Gasteiger partial charge in [0.05, 0.1) is 0 Å². The Morgan fingerprint density at radius 3 is 2.83 bits per heavy atom. The summed E-state index contributed by atoms with van der Waals surface area (Å²) < 4.78 is 16.6. The number of piperidine rings is 1. The van der Waals surface area contributed by atoms with Crippen molar-refractivity contribution in [2.45, 2.75) is 56.9 Å². The molecule has 2 bridgehead atoms. The summed E-state index contributed by atoms with van der Waals surface area (Å²) in [5, 5.41) is 0. The molecule has 5 nitrogen and oxygen atoms in total. The van der Waals surface area contributed by atoms with E-state index in [4.69, 9.17) is 4.52 Å². The minimum Gasteiger partial charge on any atom is -0.404 e. The molecule has 3 atom stereocenters. The van der Waals surface area contributed by atoms with Crippen LogP contribution in [0, 0.1) is 12.8 Å². The van der Waals surface area contributed by atoms with E-state index in [0.29, 0.717) is 17.7 Å². The summed E-state index contributed by atoms with van der Waals surface area (Å²) in [5.41, 5.74) is 3.52. The molecule has 2 fully saturated rings. The third-order valence-corrected chi connectivity index (χ3v) is 6.99. The fourth-order valence-electron chi connectivity index (χ4n) is 5.61. The maximum Gasteiger partial charge on any atom is 0.524 e. The van der Waals surface area contributed by atoms with Gasteiger partial charge in [0.2, 0.25) is 0 Å². The van der Waals surface area contributed by atoms with Gasteiger partial charge in [0.1, 0.15) is 5.75 Å². The van der Waals surface area contributed by atoms with Crippen molar-refractivity contribution in [3.63, 3.8) is 0 Å². The van der Waals surface area contributed by atoms with Gasteiger partial charge in [-0.2, -0.15) is 0 Å². The Labute approximate surface area is 143 Å². The first-order chi connectivity index (χ1) is 11.3. The molecule has 1 saturated carbocycles. The number of nitrogens with zero attached hydrogens (tertiary/aromatic N) is 1. The molecule has 1 heterocycles. The van der Waals surface area contributed by atoms with E-state index in [-0.39, 0.29) is 5.41 Å². The van der Waals surface area contributed by atoms with Crippen LogP contribution >= 0.6 is 7.82 Å². The lowest BCUT2D eigenvalue weighted by Gasteiger charge is -2.58. The lowest BCUT2D eigenvalue weighted by Crippen LogP contribution is -2.59. The Hall–Kier alpha value is -0.870. The third kappa shape index (κ3) is 2.53. The first-order valence-electron chi connectivity index (χ1n) is 8.89. The number of phosphoric acid groups is 1. The number of phosphoric ester groups is 1. The van der Waals surface area contributed by atoms with Gasteiger partial charge in [-0.1, -0.05) is 18.9 Å². The van der Waals surface area contributed by atoms with Crippen molar-refractivity contribution in [1.29, 1.82) is 0 Å². The maximum absolute atomic E-state index is 11.5. The van der Waals surface area contributed by atoms with E-state index in [9.17, 15) is 14.4 Å². The third-order valence-electron chi connectivity index (χ3n) is 6.56. The molecule has 0 spiro atoms. The van der Waals surface area contributed by atoms with Crippen LogP contribution in [-0.2, 0) is 16.4 Å². The van der Waals surface area contributed by atoms with Crippen LogP contribution in [-0.4, -0.2) is 34.3 Å². The van der Waals surface area contributed by atoms with E-state index in [1.165, 1.54) is 31.2 Å². The van der Waals surface area contributed by atoms with Crippen LogP contribution in [0.15, 0.2) is 12.1 Å². The number of likely N-dealkylation sites (tertiary alicyclic amines) is 1. The number of fused-ring (bicyclic) bond motifs is 1. The highest BCUT2D eigenvalue weighted by atomic mass is 31.2. The van der Waals surface area contributed by atoms with E-state index in [2.05, 4.69) is 18.0 Å². The molecule has 4 rings (SSSR count). The molecule has 3 aliphatic rings. The lowest BCUT2D eigenvalue weighted by atomic mass is 9.52. The first kappa shape index (κ1) is 16.6. The molecule has 0 aromatic heterocycles. The Morgan fingerprint density at radius 1 is 1.29 bits per heavy atom. The Balaban J connectivity index is 1.90. The second-order valence-electron chi connectivity index (χ2n) is 7.88. The summed E-state index contributed by atoms with van der Waals surface area (Å²) in [6.45, 7) is 3.09. The molecule has 1 aromatic carbocycles. The van der Waals surface area contributed by atoms with Crippen LogP contribution in [0.25, 0.3) is 0 Å². The van der Waals surface area contributed by atoms with Gasteiger partial charge in [0.15, 0.2) is 0 Å². The molecule has 1 aromatic rings. The molecule has 1 aliphatic heterocycles. The zero-order chi connectivity index (χ0) is 17.1. The second kappa shape index (κ2) is 5.57. The van der Waals surface area contributed by atoms with Gasteiger partial charge in [-0.15, -0.1) is 0 Å². The Bertz CT molecular complexity index is 715. The molecule has 0 amide bonds. The average Bonchev–Trinajstić information content (AvgIpc) is 2.50. The predicted octanol–water partition coefficient (Wildman–Crippen LogP) is 3.15. The number of hydrogen-bond donors (Lipinski definition) is 2. The highest BCUT2D eigenvalue weighted by Gasteiger charge is 2.53. The summed E-state index contributed by atoms with van der Waals surface area (Å²) >= 11 is 0. The number of likely N-dealkylation sites (N-methyl/N-ethyl adjacent to an activating group) is 1. The Kier molecular flexibility index (Phi) is 3.85. The zero-order valence-corrected chi connectivity index (χ0v) is 15.3. The summed E-state index contributed by atoms with van der Waals surface area (Å²) in [5.74, 6) is 1.05. The normalized spacial score (nSPS) is 32.8. The molecule has 0 radical (unpaired) electrons. The largest absolute Gasteiger partial charge is 0.524 e. The van der Waals surface area contributed by atoms with E-state index >= 15 is 0 Å². The highest BCUT2D eigenvalue weighted by Crippen LogP contribution is 2.57. The van der Waals surface area contributed by atoms with Crippen molar-refractivity contribution in [3.8, 4) is 5.75 Å². The van der Waals surface area contributed by atoms with Crippen LogP contribution in [0.1, 0.15) is 48.8 Å². The van der Waals surface area contributed by atoms with Crippen molar-refractivity contribution >= 4 is 7.82 Å². The molecule has 6 heteroatoms. The number of hydrogen-bond acceptors (Lipinski definition) is 3. The van der Waals surface area contributed by atoms with Crippen LogP contribution < -0.4 is 4.52 Å². The lowest BCUT2D eigenvalue weighted by molar-refractivity contribution is 0.00236. The van der Waals surface area contributed by atoms with Crippen LogP contribution in [0.4, 0.5) is 0 Å². The SMILES string of the molecule is Cc1cc(OP(=O)(O)O)c2c(c1)[C@]13CCCC[C@@H]1[C@H](C2)N(C)CC3. The Morgan fingerprint density at radius 2 is 2.08 bits per heavy atom. The molecule has 24 heavy (non-hydrogen) atoms. The summed E-state index contributed by atoms with van der Waals surface area (Å²) in [4.78, 5) is 21.1. The molecule has 132 valence electrons. The predicted molar refractivity (Wildman–Crippen MR) is 92.2 cm³/mol. The van der Waals surface area contributed by atoms with Crippen molar-refractivity contribution in [1.82, 2.24) is 4.90 Å². The molecule has 1 saturated heterocycles. The topological polar surface area (TPSA) is 70.0 Å². The maximum atomic E-state index is 11.5. The fraction of sp³-hybridized carbons (Fsp3) is 0.667. The molecule has 2 N–H and O–H groups in total. The standard InChI is InChI=1S/C18H26NO4P/c1-12-9-15-13(17(10-12)23-24(20,21)22)11-16-14-5-3-4-6-18(14,15)7-8-19(16)2/h9-10,14,16H,3-8,11H2,1-2H3,(H2,20,21,22)/t14-,16+,18+/m1/s1. The minimum absolute atomic E-state index is 0.169. The summed E-state index contributed by atoms with van der Waals surface area (Å²) in [6, 6.07) is 4.49. The van der Waals surface area contributed by atoms with Gasteiger partial charge in [-0.25, -0.2) is 4.57 Å². The van der Waals surface area contributed by atoms with Gasteiger partial charge in [-0.3, -0.25) is 9.79 Å². The van der Waals surface area contributed by atoms with Crippen LogP contribution in [0.3, 0.4) is 0 Å². The number of benzene rings is 1. The van der Waals surface area contributed by atoms with Crippen molar-refractivity contribution in [3.05, 3.63) is 28.8 Å². The summed E-state index contributed by atoms with van der Waals surface area (Å²) in [7, 11) is -2.36. The quantitative estimate of drug-likeness (QED) is 0.801. The summed E-state index contributed by atoms with van der Waals surface area (Å²) in [6.07, 6.45) is 6.95. The average molecular weight is 351 g/mol. The molecule has 2 aliphatic carbocycles. The minimum atomic E-state index is -4.55. The molecule has 0 unspecified atom stereocenters. The van der Waals surface area contributed by atoms with Crippen LogP contribution in [0.2, 0.25) is 0 Å². The number of rotatable bonds is 2. The number of aryl methyl sites for hydroxylation is 1. The second-order valence-corrected chi connectivity index (χ2v) is 9.05. The zero-order valence-electron chi connectivity index (χ0n) is 14.4. The monoisotopic (exact) mass is 351 g/mol. The molecular weight excluding hydrogens is 325 g/mol. The van der Waals surface area contributed by atoms with Gasteiger partial charge >= 0.3 is 7.82 Å². The van der Waals surface area contributed by atoms with E-state index < -0.39 is 7.82 Å². The van der Waals surface area contributed by atoms with Gasteiger partial charge in [0, 0.05) is 17.0 Å². The van der Waals surface area contributed by atoms with Gasteiger partial charge in [-0.05, 0) is 69.3 Å². The van der Waals surface area contributed by atoms with E-state index in [1.54, 1.807) is 6.07 Å². The van der Waals surface area contributed by atoms with Gasteiger partial charge in [0.25, 0.3) is 0 Å². The fourth-order valence-corrected chi connectivity index (χ4v) is 6.03. The highest BCUT2D eigenvalue weighted by molar-refractivity contribution is 7.46. The molecular formula is C18H26NO4P. The van der Waals surface area contributed by atoms with Crippen molar-refractivity contribution < 1.29 is 18.9 Å². The first-order valence-corrected chi connectivity index (χ1v) is 10.4.